The first kappa shape index (κ1) is 7.92. The van der Waals surface area contributed by atoms with Crippen LogP contribution >= 0.6 is 0 Å². The summed E-state index contributed by atoms with van der Waals surface area (Å²) in [5, 5.41) is 0. The standard InChI is InChI=1S/C11H11N2/c1-2-9-13(10-3-1)11-5-4-7-12-8-6-11/h1-6,8-10H,7H2/q+1. The topological polar surface area (TPSA) is 16.2 Å². The molecule has 0 aromatic carbocycles. The lowest BCUT2D eigenvalue weighted by atomic mass is 10.3. The number of aliphatic imine (C=N–C) groups is 1. The Morgan fingerprint density at radius 1 is 1.15 bits per heavy atom. The van der Waals surface area contributed by atoms with Gasteiger partial charge in [0.1, 0.15) is 0 Å². The smallest absolute Gasteiger partial charge is 0.211 e. The van der Waals surface area contributed by atoms with Crippen LogP contribution in [0.4, 0.5) is 0 Å². The van der Waals surface area contributed by atoms with Gasteiger partial charge in [-0.2, -0.15) is 4.57 Å². The summed E-state index contributed by atoms with van der Waals surface area (Å²) in [5.74, 6) is 0. The Kier molecular flexibility index (Phi) is 2.32. The molecule has 0 bridgehead atoms. The normalized spacial score (nSPS) is 15.2. The van der Waals surface area contributed by atoms with Crippen molar-refractivity contribution in [2.45, 2.75) is 0 Å². The van der Waals surface area contributed by atoms with Crippen LogP contribution in [-0.4, -0.2) is 12.8 Å². The number of nitrogens with zero attached hydrogens (tertiary/aromatic N) is 2. The van der Waals surface area contributed by atoms with Gasteiger partial charge in [-0.15, -0.1) is 0 Å². The van der Waals surface area contributed by atoms with Crippen LogP contribution in [0.2, 0.25) is 0 Å². The predicted octanol–water partition coefficient (Wildman–Crippen LogP) is 1.46. The van der Waals surface area contributed by atoms with E-state index in [9.17, 15) is 0 Å². The molecule has 0 radical (unpaired) electrons. The van der Waals surface area contributed by atoms with Gasteiger partial charge in [0.15, 0.2) is 12.4 Å². The molecule has 0 atom stereocenters. The van der Waals surface area contributed by atoms with Crippen molar-refractivity contribution in [1.29, 1.82) is 0 Å². The first-order valence-electron chi connectivity index (χ1n) is 4.30. The third-order valence-corrected chi connectivity index (χ3v) is 1.86. The molecule has 2 heterocycles. The average Bonchev–Trinajstić information content (AvgIpc) is 2.47. The third-order valence-electron chi connectivity index (χ3n) is 1.86. The second kappa shape index (κ2) is 3.81. The molecule has 13 heavy (non-hydrogen) atoms. The molecule has 0 fully saturated rings. The summed E-state index contributed by atoms with van der Waals surface area (Å²) >= 11 is 0. The molecule has 2 nitrogen and oxygen atoms in total. The van der Waals surface area contributed by atoms with Gasteiger partial charge in [-0.3, -0.25) is 4.99 Å². The maximum absolute atomic E-state index is 4.15. The van der Waals surface area contributed by atoms with Crippen LogP contribution < -0.4 is 4.57 Å². The first-order valence-corrected chi connectivity index (χ1v) is 4.30. The van der Waals surface area contributed by atoms with E-state index in [1.807, 2.05) is 42.9 Å². The molecule has 2 rings (SSSR count). The lowest BCUT2D eigenvalue weighted by Crippen LogP contribution is -2.29. The Morgan fingerprint density at radius 2 is 2.00 bits per heavy atom. The number of allylic oxidation sites excluding steroid dienone is 3. The van der Waals surface area contributed by atoms with Crippen molar-refractivity contribution >= 4 is 11.9 Å². The van der Waals surface area contributed by atoms with E-state index in [4.69, 9.17) is 0 Å². The molecule has 1 aromatic heterocycles. The molecule has 64 valence electrons. The minimum absolute atomic E-state index is 0.771. The van der Waals surface area contributed by atoms with Gasteiger partial charge in [-0.1, -0.05) is 12.1 Å². The number of aromatic nitrogens is 1. The Balaban J connectivity index is 2.36. The highest BCUT2D eigenvalue weighted by Gasteiger charge is 2.03. The maximum Gasteiger partial charge on any atom is 0.211 e. The molecule has 0 saturated carbocycles. The summed E-state index contributed by atoms with van der Waals surface area (Å²) in [6.07, 6.45) is 12.0. The van der Waals surface area contributed by atoms with Gasteiger partial charge in [0.05, 0.1) is 6.54 Å². The van der Waals surface area contributed by atoms with Crippen LogP contribution in [0.25, 0.3) is 5.70 Å². The quantitative estimate of drug-likeness (QED) is 0.569. The Morgan fingerprint density at radius 3 is 2.85 bits per heavy atom. The molecule has 0 spiro atoms. The molecular weight excluding hydrogens is 160 g/mol. The van der Waals surface area contributed by atoms with Crippen molar-refractivity contribution in [3.63, 3.8) is 0 Å². The lowest BCUT2D eigenvalue weighted by Gasteiger charge is -1.91. The van der Waals surface area contributed by atoms with Crippen LogP contribution in [0.5, 0.6) is 0 Å². The molecule has 1 aliphatic heterocycles. The van der Waals surface area contributed by atoms with E-state index in [0.29, 0.717) is 0 Å². The van der Waals surface area contributed by atoms with Gasteiger partial charge in [0.25, 0.3) is 0 Å². The fourth-order valence-corrected chi connectivity index (χ4v) is 1.22. The summed E-state index contributed by atoms with van der Waals surface area (Å²) in [4.78, 5) is 4.15. The summed E-state index contributed by atoms with van der Waals surface area (Å²) in [6, 6.07) is 6.03. The van der Waals surface area contributed by atoms with Crippen LogP contribution in [0, 0.1) is 0 Å². The summed E-state index contributed by atoms with van der Waals surface area (Å²) < 4.78 is 2.06. The van der Waals surface area contributed by atoms with Gasteiger partial charge in [-0.05, 0) is 0 Å². The molecule has 0 saturated heterocycles. The lowest BCUT2D eigenvalue weighted by molar-refractivity contribution is -0.578. The fourth-order valence-electron chi connectivity index (χ4n) is 1.22. The second-order valence-corrected chi connectivity index (χ2v) is 2.79. The zero-order valence-electron chi connectivity index (χ0n) is 7.30. The highest BCUT2D eigenvalue weighted by Crippen LogP contribution is 1.97. The molecule has 0 amide bonds. The molecule has 1 aromatic rings. The van der Waals surface area contributed by atoms with E-state index in [-0.39, 0.29) is 0 Å². The van der Waals surface area contributed by atoms with E-state index < -0.39 is 0 Å². The molecule has 0 N–H and O–H groups in total. The highest BCUT2D eigenvalue weighted by atomic mass is 14.9. The van der Waals surface area contributed by atoms with Crippen molar-refractivity contribution in [3.05, 3.63) is 48.8 Å². The number of pyridine rings is 1. The van der Waals surface area contributed by atoms with E-state index in [1.54, 1.807) is 0 Å². The number of rotatable bonds is 1. The summed E-state index contributed by atoms with van der Waals surface area (Å²) in [5.41, 5.74) is 1.14. The van der Waals surface area contributed by atoms with Gasteiger partial charge in [0.2, 0.25) is 5.70 Å². The van der Waals surface area contributed by atoms with Crippen LogP contribution in [0.3, 0.4) is 0 Å². The van der Waals surface area contributed by atoms with Crippen LogP contribution in [0.15, 0.2) is 53.8 Å². The summed E-state index contributed by atoms with van der Waals surface area (Å²) in [6.45, 7) is 0.771. The van der Waals surface area contributed by atoms with Gasteiger partial charge < -0.3 is 0 Å². The van der Waals surface area contributed by atoms with Crippen LogP contribution in [-0.2, 0) is 0 Å². The number of hydrogen-bond acceptors (Lipinski definition) is 1. The average molecular weight is 171 g/mol. The Labute approximate surface area is 77.6 Å². The third kappa shape index (κ3) is 1.90. The zero-order valence-corrected chi connectivity index (χ0v) is 7.30. The van der Waals surface area contributed by atoms with Crippen molar-refractivity contribution in [2.75, 3.05) is 6.54 Å². The molecular formula is C11H11N2+. The zero-order chi connectivity index (χ0) is 8.93. The van der Waals surface area contributed by atoms with Crippen molar-refractivity contribution in [3.8, 4) is 0 Å². The van der Waals surface area contributed by atoms with Crippen molar-refractivity contribution in [2.24, 2.45) is 4.99 Å². The molecule has 1 aliphatic rings. The van der Waals surface area contributed by atoms with E-state index in [1.165, 1.54) is 0 Å². The van der Waals surface area contributed by atoms with Gasteiger partial charge in [0, 0.05) is 30.5 Å². The SMILES string of the molecule is C1=CC([n+]2ccccc2)=CC=NC1. The monoisotopic (exact) mass is 171 g/mol. The Bertz CT molecular complexity index is 361. The van der Waals surface area contributed by atoms with E-state index in [0.717, 1.165) is 12.2 Å². The van der Waals surface area contributed by atoms with Crippen molar-refractivity contribution in [1.82, 2.24) is 0 Å². The largest absolute Gasteiger partial charge is 0.289 e. The molecule has 0 unspecified atom stereocenters. The van der Waals surface area contributed by atoms with Crippen molar-refractivity contribution < 1.29 is 4.57 Å². The molecule has 0 aliphatic carbocycles. The first-order chi connectivity index (χ1) is 6.47. The maximum atomic E-state index is 4.15. The van der Waals surface area contributed by atoms with Gasteiger partial charge in [-0.25, -0.2) is 0 Å². The highest BCUT2D eigenvalue weighted by molar-refractivity contribution is 5.80. The van der Waals surface area contributed by atoms with Gasteiger partial charge >= 0.3 is 0 Å². The Hall–Kier alpha value is -1.70. The fraction of sp³-hybridized carbons (Fsp3) is 0.0909. The second-order valence-electron chi connectivity index (χ2n) is 2.79. The minimum Gasteiger partial charge on any atom is -0.289 e. The number of hydrogen-bond donors (Lipinski definition) is 0. The van der Waals surface area contributed by atoms with E-state index in [2.05, 4.69) is 21.7 Å². The van der Waals surface area contributed by atoms with Crippen LogP contribution in [0.1, 0.15) is 0 Å². The summed E-state index contributed by atoms with van der Waals surface area (Å²) in [7, 11) is 0. The predicted molar refractivity (Wildman–Crippen MR) is 53.4 cm³/mol. The van der Waals surface area contributed by atoms with E-state index >= 15 is 0 Å². The molecule has 2 heteroatoms. The minimum atomic E-state index is 0.771.